The fourth-order valence-corrected chi connectivity index (χ4v) is 8.25. The molecule has 2 aromatic carbocycles. The van der Waals surface area contributed by atoms with Gasteiger partial charge in [-0.1, -0.05) is 79.6 Å². The third kappa shape index (κ3) is 9.50. The van der Waals surface area contributed by atoms with Gasteiger partial charge in [0.1, 0.15) is 23.2 Å². The molecule has 1 saturated heterocycles. The summed E-state index contributed by atoms with van der Waals surface area (Å²) in [6, 6.07) is 16.0. The van der Waals surface area contributed by atoms with Crippen molar-refractivity contribution in [3.8, 4) is 11.1 Å². The van der Waals surface area contributed by atoms with Crippen LogP contribution in [-0.2, 0) is 29.1 Å². The molecule has 0 radical (unpaired) electrons. The maximum atomic E-state index is 14.5. The SMILES string of the molecule is C=CCCCCC[C@H](NC(=O)OC(C)(C)C)C(=O)N1C[C@H](c2ccc(-c3ccccc3)cc2)C[C@H]1C(=O)N[C@]1(C(=O)NS(=O)(=O)C2CC2)C[C@H]1C=C. The van der Waals surface area contributed by atoms with Gasteiger partial charge in [0, 0.05) is 18.4 Å². The predicted octanol–water partition coefficient (Wildman–Crippen LogP) is 5.74. The monoisotopic (exact) mass is 732 g/mol. The Kier molecular flexibility index (Phi) is 12.0. The summed E-state index contributed by atoms with van der Waals surface area (Å²) < 4.78 is 33.1. The topological polar surface area (TPSA) is 151 Å². The average Bonchev–Trinajstić information content (AvgIpc) is 4.03. The van der Waals surface area contributed by atoms with Crippen molar-refractivity contribution in [3.63, 3.8) is 0 Å². The molecule has 1 aliphatic heterocycles. The largest absolute Gasteiger partial charge is 0.444 e. The van der Waals surface area contributed by atoms with Crippen LogP contribution in [0, 0.1) is 5.92 Å². The number of sulfonamides is 1. The van der Waals surface area contributed by atoms with Gasteiger partial charge in [-0.05, 0) is 82.4 Å². The van der Waals surface area contributed by atoms with Crippen molar-refractivity contribution in [1.29, 1.82) is 0 Å². The quantitative estimate of drug-likeness (QED) is 0.147. The Morgan fingerprint density at radius 2 is 1.65 bits per heavy atom. The number of carbonyl (C=O) groups is 4. The Hall–Kier alpha value is -4.45. The van der Waals surface area contributed by atoms with E-state index < -0.39 is 68.2 Å². The zero-order valence-corrected chi connectivity index (χ0v) is 31.3. The van der Waals surface area contributed by atoms with Crippen LogP contribution in [0.5, 0.6) is 0 Å². The van der Waals surface area contributed by atoms with E-state index in [2.05, 4.69) is 28.5 Å². The molecule has 5 atom stereocenters. The normalized spacial score (nSPS) is 23.2. The fourth-order valence-electron chi connectivity index (χ4n) is 6.89. The number of ether oxygens (including phenoxy) is 1. The predicted molar refractivity (Wildman–Crippen MR) is 200 cm³/mol. The van der Waals surface area contributed by atoms with Crippen molar-refractivity contribution >= 4 is 33.8 Å². The Balaban J connectivity index is 1.41. The summed E-state index contributed by atoms with van der Waals surface area (Å²) in [6.07, 6.45) is 7.56. The number of unbranched alkanes of at least 4 members (excludes halogenated alkanes) is 3. The van der Waals surface area contributed by atoms with E-state index >= 15 is 0 Å². The van der Waals surface area contributed by atoms with E-state index in [1.807, 2.05) is 60.7 Å². The first-order chi connectivity index (χ1) is 24.7. The summed E-state index contributed by atoms with van der Waals surface area (Å²) in [7, 11) is -3.87. The number of alkyl carbamates (subject to hydrolysis) is 1. The van der Waals surface area contributed by atoms with E-state index in [4.69, 9.17) is 4.74 Å². The number of amides is 4. The molecule has 4 amide bonds. The van der Waals surface area contributed by atoms with Crippen LogP contribution < -0.4 is 15.4 Å². The summed E-state index contributed by atoms with van der Waals surface area (Å²) >= 11 is 0. The van der Waals surface area contributed by atoms with E-state index in [1.54, 1.807) is 20.8 Å². The van der Waals surface area contributed by atoms with Gasteiger partial charge in [-0.15, -0.1) is 13.2 Å². The van der Waals surface area contributed by atoms with Crippen molar-refractivity contribution in [3.05, 3.63) is 85.5 Å². The second-order valence-corrected chi connectivity index (χ2v) is 17.2. The Morgan fingerprint density at radius 3 is 2.25 bits per heavy atom. The number of benzene rings is 2. The van der Waals surface area contributed by atoms with Gasteiger partial charge in [0.2, 0.25) is 21.8 Å². The highest BCUT2D eigenvalue weighted by Crippen LogP contribution is 2.46. The number of hydrogen-bond donors (Lipinski definition) is 3. The van der Waals surface area contributed by atoms with Crippen molar-refractivity contribution < 1.29 is 32.3 Å². The number of nitrogens with zero attached hydrogens (tertiary/aromatic N) is 1. The van der Waals surface area contributed by atoms with Gasteiger partial charge in [0.05, 0.1) is 5.25 Å². The second-order valence-electron chi connectivity index (χ2n) is 15.2. The smallest absolute Gasteiger partial charge is 0.408 e. The highest BCUT2D eigenvalue weighted by atomic mass is 32.2. The van der Waals surface area contributed by atoms with Gasteiger partial charge >= 0.3 is 6.09 Å². The van der Waals surface area contributed by atoms with E-state index in [-0.39, 0.29) is 25.3 Å². The zero-order chi connectivity index (χ0) is 37.7. The minimum Gasteiger partial charge on any atom is -0.444 e. The lowest BCUT2D eigenvalue weighted by Gasteiger charge is -2.30. The lowest BCUT2D eigenvalue weighted by molar-refractivity contribution is -0.141. The number of rotatable bonds is 16. The van der Waals surface area contributed by atoms with E-state index in [1.165, 1.54) is 11.0 Å². The molecule has 3 N–H and O–H groups in total. The minimum atomic E-state index is -3.87. The maximum absolute atomic E-state index is 14.5. The number of allylic oxidation sites excluding steroid dienone is 1. The van der Waals surface area contributed by atoms with Crippen LogP contribution in [0.25, 0.3) is 11.1 Å². The van der Waals surface area contributed by atoms with Crippen molar-refractivity contribution in [2.75, 3.05) is 6.54 Å². The second kappa shape index (κ2) is 16.1. The van der Waals surface area contributed by atoms with E-state index in [9.17, 15) is 27.6 Å². The van der Waals surface area contributed by atoms with Crippen LogP contribution in [0.1, 0.15) is 90.0 Å². The molecular formula is C40H52N4O7S. The van der Waals surface area contributed by atoms with Crippen LogP contribution in [0.15, 0.2) is 79.9 Å². The third-order valence-corrected chi connectivity index (χ3v) is 11.8. The summed E-state index contributed by atoms with van der Waals surface area (Å²) in [6.45, 7) is 13.0. The first-order valence-corrected chi connectivity index (χ1v) is 19.8. The standard InChI is InChI=1S/C40H52N4O7S/c1-6-8-9-10-14-17-33(41-38(48)51-39(3,4)5)36(46)44-26-30(29-20-18-28(19-21-29)27-15-12-11-13-16-27)24-34(44)35(45)42-40(25-31(40)7-2)37(47)43-52(49,50)32-22-23-32/h6-7,11-13,15-16,18-21,30-34H,1-2,8-10,14,17,22-26H2,3-5H3,(H,41,48)(H,42,45)(H,43,47)/t30-,31-,33+,34+,40-/m1/s1. The highest BCUT2D eigenvalue weighted by Gasteiger charge is 2.62. The van der Waals surface area contributed by atoms with E-state index in [0.29, 0.717) is 25.7 Å². The molecule has 5 rings (SSSR count). The molecule has 2 aromatic rings. The molecule has 11 nitrogen and oxygen atoms in total. The van der Waals surface area contributed by atoms with Gasteiger partial charge in [0.15, 0.2) is 0 Å². The zero-order valence-electron chi connectivity index (χ0n) is 30.4. The third-order valence-electron chi connectivity index (χ3n) is 10.0. The highest BCUT2D eigenvalue weighted by molar-refractivity contribution is 7.91. The number of nitrogens with one attached hydrogen (secondary N) is 3. The lowest BCUT2D eigenvalue weighted by atomic mass is 9.94. The first-order valence-electron chi connectivity index (χ1n) is 18.2. The number of hydrogen-bond acceptors (Lipinski definition) is 7. The first kappa shape index (κ1) is 38.8. The molecule has 2 aliphatic carbocycles. The minimum absolute atomic E-state index is 0.187. The van der Waals surface area contributed by atoms with E-state index in [0.717, 1.165) is 36.0 Å². The molecule has 0 spiro atoms. The molecule has 3 aliphatic rings. The summed E-state index contributed by atoms with van der Waals surface area (Å²) in [5.74, 6) is -2.50. The Morgan fingerprint density at radius 1 is 0.981 bits per heavy atom. The number of carbonyl (C=O) groups excluding carboxylic acids is 4. The van der Waals surface area contributed by atoms with Gasteiger partial charge in [-0.3, -0.25) is 19.1 Å². The summed E-state index contributed by atoms with van der Waals surface area (Å²) in [4.78, 5) is 56.7. The van der Waals surface area contributed by atoms with Crippen LogP contribution in [-0.4, -0.2) is 72.2 Å². The molecule has 3 fully saturated rings. The van der Waals surface area contributed by atoms with Gasteiger partial charge in [0.25, 0.3) is 5.91 Å². The number of likely N-dealkylation sites (tertiary alicyclic amines) is 1. The average molecular weight is 733 g/mol. The van der Waals surface area contributed by atoms with Crippen LogP contribution in [0.4, 0.5) is 4.79 Å². The Bertz CT molecular complexity index is 1750. The van der Waals surface area contributed by atoms with Crippen molar-refractivity contribution in [2.45, 2.75) is 113 Å². The summed E-state index contributed by atoms with van der Waals surface area (Å²) in [5, 5.41) is 5.01. The fraction of sp³-hybridized carbons (Fsp3) is 0.500. The molecule has 1 heterocycles. The molecule has 280 valence electrons. The van der Waals surface area contributed by atoms with Crippen LogP contribution >= 0.6 is 0 Å². The van der Waals surface area contributed by atoms with Crippen LogP contribution in [0.3, 0.4) is 0 Å². The maximum Gasteiger partial charge on any atom is 0.408 e. The molecule has 0 bridgehead atoms. The van der Waals surface area contributed by atoms with Gasteiger partial charge in [-0.25, -0.2) is 13.2 Å². The van der Waals surface area contributed by atoms with Crippen molar-refractivity contribution in [2.24, 2.45) is 5.92 Å². The molecule has 2 saturated carbocycles. The molecule has 52 heavy (non-hydrogen) atoms. The molecule has 0 aromatic heterocycles. The molecule has 12 heteroatoms. The molecule has 0 unspecified atom stereocenters. The molecular weight excluding hydrogens is 681 g/mol. The Labute approximate surface area is 307 Å². The van der Waals surface area contributed by atoms with Crippen molar-refractivity contribution in [1.82, 2.24) is 20.3 Å². The summed E-state index contributed by atoms with van der Waals surface area (Å²) in [5.41, 5.74) is 0.743. The lowest BCUT2D eigenvalue weighted by Crippen LogP contribution is -2.58. The van der Waals surface area contributed by atoms with Crippen LogP contribution in [0.2, 0.25) is 0 Å². The van der Waals surface area contributed by atoms with Gasteiger partial charge in [-0.2, -0.15) is 0 Å². The van der Waals surface area contributed by atoms with Gasteiger partial charge < -0.3 is 20.3 Å².